The first-order valence-electron chi connectivity index (χ1n) is 13.1. The van der Waals surface area contributed by atoms with E-state index in [4.69, 9.17) is 29.4 Å². The smallest absolute Gasteiger partial charge is 0.331 e. The summed E-state index contributed by atoms with van der Waals surface area (Å²) in [6, 6.07) is -1.71. The quantitative estimate of drug-likeness (QED) is 0.103. The molecule has 3 aliphatic rings. The molecule has 0 aromatic carbocycles. The van der Waals surface area contributed by atoms with Crippen molar-refractivity contribution in [3.8, 4) is 0 Å². The van der Waals surface area contributed by atoms with Gasteiger partial charge in [0, 0.05) is 12.8 Å². The highest BCUT2D eigenvalue weighted by Crippen LogP contribution is 2.33. The largest absolute Gasteiger partial charge is 0.493 e. The number of aliphatic hydroxyl groups is 9. The van der Waals surface area contributed by atoms with Crippen LogP contribution in [0.25, 0.3) is 0 Å². The summed E-state index contributed by atoms with van der Waals surface area (Å²) in [5, 5.41) is 100. The lowest BCUT2D eigenvalue weighted by Gasteiger charge is -2.42. The second kappa shape index (κ2) is 14.2. The molecule has 0 radical (unpaired) electrons. The number of allylic oxidation sites excluding steroid dienone is 1. The summed E-state index contributed by atoms with van der Waals surface area (Å²) in [6.07, 6.45) is -18.0. The summed E-state index contributed by atoms with van der Waals surface area (Å²) < 4.78 is 26.6. The van der Waals surface area contributed by atoms with Crippen LogP contribution in [-0.2, 0) is 28.5 Å². The summed E-state index contributed by atoms with van der Waals surface area (Å²) in [5.74, 6) is -1.53. The number of ether oxygens (including phenoxy) is 5. The summed E-state index contributed by atoms with van der Waals surface area (Å²) in [6.45, 7) is -0.711. The summed E-state index contributed by atoms with van der Waals surface area (Å²) in [4.78, 5) is 16.4. The highest BCUT2D eigenvalue weighted by Gasteiger charge is 2.48. The number of aliphatic carboxylic acids is 1. The van der Waals surface area contributed by atoms with Crippen molar-refractivity contribution in [3.63, 3.8) is 0 Å². The van der Waals surface area contributed by atoms with E-state index in [-0.39, 0.29) is 30.0 Å². The summed E-state index contributed by atoms with van der Waals surface area (Å²) >= 11 is 0. The average molecular weight is 613 g/mol. The molecule has 2 saturated heterocycles. The van der Waals surface area contributed by atoms with E-state index in [2.05, 4.69) is 4.99 Å². The Morgan fingerprint density at radius 1 is 0.976 bits per heavy atom. The van der Waals surface area contributed by atoms with Crippen molar-refractivity contribution in [2.45, 2.75) is 98.9 Å². The Hall–Kier alpha value is -2.04. The van der Waals surface area contributed by atoms with Gasteiger partial charge in [0.1, 0.15) is 48.8 Å². The number of carboxylic acids is 1. The number of hydrogen-bond acceptors (Lipinski definition) is 17. The average Bonchev–Trinajstić information content (AvgIpc) is 2.93. The van der Waals surface area contributed by atoms with E-state index < -0.39 is 105 Å². The number of carbonyl (C=O) groups is 1. The van der Waals surface area contributed by atoms with Crippen LogP contribution in [0.15, 0.2) is 16.4 Å². The predicted molar refractivity (Wildman–Crippen MR) is 135 cm³/mol. The van der Waals surface area contributed by atoms with E-state index >= 15 is 0 Å². The SMILES string of the molecule is COC1=C(N)CC(O)(COC2C(CO)OC(O)C(O)C2O)CC1=NC(C(=O)O)C(C)OC1C(CO)OC(O)C(O)C1O. The zero-order valence-electron chi connectivity index (χ0n) is 22.9. The Balaban J connectivity index is 1.83. The van der Waals surface area contributed by atoms with Gasteiger partial charge in [0.15, 0.2) is 24.4 Å². The molecule has 0 amide bonds. The molecule has 12 N–H and O–H groups in total. The van der Waals surface area contributed by atoms with Crippen molar-refractivity contribution in [2.24, 2.45) is 10.7 Å². The van der Waals surface area contributed by atoms with Crippen molar-refractivity contribution in [1.29, 1.82) is 0 Å². The molecule has 2 aliphatic heterocycles. The topological polar surface area (TPSA) is 304 Å². The van der Waals surface area contributed by atoms with E-state index in [1.54, 1.807) is 0 Å². The van der Waals surface area contributed by atoms with Gasteiger partial charge >= 0.3 is 5.97 Å². The van der Waals surface area contributed by atoms with Gasteiger partial charge in [0.05, 0.1) is 50.0 Å². The number of aliphatic hydroxyl groups excluding tert-OH is 8. The molecule has 13 unspecified atom stereocenters. The Labute approximate surface area is 239 Å². The van der Waals surface area contributed by atoms with E-state index in [0.29, 0.717) is 0 Å². The predicted octanol–water partition coefficient (Wildman–Crippen LogP) is -5.76. The normalized spacial score (nSPS) is 41.9. The molecule has 42 heavy (non-hydrogen) atoms. The van der Waals surface area contributed by atoms with Gasteiger partial charge in [-0.25, -0.2) is 4.79 Å². The molecule has 0 aromatic heterocycles. The zero-order valence-corrected chi connectivity index (χ0v) is 22.9. The number of methoxy groups -OCH3 is 1. The van der Waals surface area contributed by atoms with E-state index in [9.17, 15) is 55.9 Å². The molecule has 0 saturated carbocycles. The van der Waals surface area contributed by atoms with Gasteiger partial charge in [-0.2, -0.15) is 0 Å². The van der Waals surface area contributed by atoms with Crippen molar-refractivity contribution >= 4 is 11.7 Å². The lowest BCUT2D eigenvalue weighted by atomic mass is 9.85. The molecule has 18 nitrogen and oxygen atoms in total. The molecule has 0 bridgehead atoms. The number of rotatable bonds is 11. The van der Waals surface area contributed by atoms with E-state index in [0.717, 1.165) is 0 Å². The minimum Gasteiger partial charge on any atom is -0.493 e. The maximum Gasteiger partial charge on any atom is 0.331 e. The molecule has 13 atom stereocenters. The van der Waals surface area contributed by atoms with Crippen molar-refractivity contribution in [1.82, 2.24) is 0 Å². The molecule has 18 heteroatoms. The number of hydrogen-bond donors (Lipinski definition) is 11. The van der Waals surface area contributed by atoms with Crippen LogP contribution in [0.5, 0.6) is 0 Å². The highest BCUT2D eigenvalue weighted by atomic mass is 16.7. The summed E-state index contributed by atoms with van der Waals surface area (Å²) in [5.41, 5.74) is 4.11. The van der Waals surface area contributed by atoms with Crippen LogP contribution in [0.1, 0.15) is 19.8 Å². The number of aliphatic imine (C=N–C) groups is 1. The monoisotopic (exact) mass is 612 g/mol. The van der Waals surface area contributed by atoms with Gasteiger partial charge in [-0.1, -0.05) is 0 Å². The van der Waals surface area contributed by atoms with Crippen molar-refractivity contribution in [2.75, 3.05) is 26.9 Å². The maximum atomic E-state index is 12.2. The Morgan fingerprint density at radius 3 is 2.00 bits per heavy atom. The molecule has 2 fully saturated rings. The molecular formula is C24H40N2O16. The Kier molecular flexibility index (Phi) is 11.6. The first-order valence-corrected chi connectivity index (χ1v) is 13.1. The van der Waals surface area contributed by atoms with Crippen LogP contribution in [0.4, 0.5) is 0 Å². The number of nitrogens with zero attached hydrogens (tertiary/aromatic N) is 1. The third kappa shape index (κ3) is 7.36. The number of nitrogens with two attached hydrogens (primary N) is 1. The van der Waals surface area contributed by atoms with Crippen molar-refractivity contribution in [3.05, 3.63) is 11.5 Å². The molecular weight excluding hydrogens is 572 g/mol. The molecule has 3 rings (SSSR count). The van der Waals surface area contributed by atoms with Gasteiger partial charge in [-0.3, -0.25) is 4.99 Å². The zero-order chi connectivity index (χ0) is 31.5. The van der Waals surface area contributed by atoms with Crippen LogP contribution in [0, 0.1) is 0 Å². The molecule has 242 valence electrons. The molecule has 0 spiro atoms. The van der Waals surface area contributed by atoms with Gasteiger partial charge in [-0.05, 0) is 6.92 Å². The van der Waals surface area contributed by atoms with E-state index in [1.165, 1.54) is 14.0 Å². The number of carboxylic acid groups (broad SMARTS) is 1. The fourth-order valence-corrected chi connectivity index (χ4v) is 5.14. The van der Waals surface area contributed by atoms with Crippen LogP contribution >= 0.6 is 0 Å². The molecule has 1 aliphatic carbocycles. The molecule has 0 aromatic rings. The second-order valence-electron chi connectivity index (χ2n) is 10.5. The minimum absolute atomic E-state index is 0.0289. The van der Waals surface area contributed by atoms with Crippen LogP contribution in [0.2, 0.25) is 0 Å². The minimum atomic E-state index is -1.85. The first-order chi connectivity index (χ1) is 19.7. The fourth-order valence-electron chi connectivity index (χ4n) is 5.14. The Morgan fingerprint density at radius 2 is 1.50 bits per heavy atom. The van der Waals surface area contributed by atoms with Crippen LogP contribution in [-0.4, -0.2) is 169 Å². The molecule has 2 heterocycles. The van der Waals surface area contributed by atoms with Gasteiger partial charge in [0.25, 0.3) is 0 Å². The maximum absolute atomic E-state index is 12.2. The van der Waals surface area contributed by atoms with Crippen LogP contribution < -0.4 is 5.73 Å². The standard InChI is InChI=1S/C24H40N2O16/c1-8(40-20-12(6-28)42-23(36)17(32)15(20)30)13(21(33)34)26-10-4-24(37,3-9(25)18(10)38-2)7-39-19-11(5-27)41-22(35)16(31)14(19)29/h8,11-17,19-20,22-23,27-32,35-37H,3-7,25H2,1-2H3,(H,33,34). The van der Waals surface area contributed by atoms with Gasteiger partial charge in [0.2, 0.25) is 0 Å². The second-order valence-corrected chi connectivity index (χ2v) is 10.5. The van der Waals surface area contributed by atoms with Gasteiger partial charge < -0.3 is 80.5 Å². The lowest BCUT2D eigenvalue weighted by Crippen LogP contribution is -2.60. The highest BCUT2D eigenvalue weighted by molar-refractivity contribution is 6.01. The van der Waals surface area contributed by atoms with E-state index in [1.807, 2.05) is 0 Å². The Bertz CT molecular complexity index is 994. The van der Waals surface area contributed by atoms with Crippen LogP contribution in [0.3, 0.4) is 0 Å². The third-order valence-corrected chi connectivity index (χ3v) is 7.36. The lowest BCUT2D eigenvalue weighted by molar-refractivity contribution is -0.299. The van der Waals surface area contributed by atoms with Gasteiger partial charge in [-0.15, -0.1) is 0 Å². The summed E-state index contributed by atoms with van der Waals surface area (Å²) in [7, 11) is 1.25. The third-order valence-electron chi connectivity index (χ3n) is 7.36. The fraction of sp³-hybridized carbons (Fsp3) is 0.833. The first kappa shape index (κ1) is 34.5. The van der Waals surface area contributed by atoms with Crippen molar-refractivity contribution < 1.29 is 79.5 Å².